The van der Waals surface area contributed by atoms with Crippen LogP contribution >= 0.6 is 0 Å². The fourth-order valence-electron chi connectivity index (χ4n) is 9.61. The lowest BCUT2D eigenvalue weighted by atomic mass is 9.84. The number of carbonyl (C=O) groups excluding carboxylic acids is 6. The van der Waals surface area contributed by atoms with E-state index in [4.69, 9.17) is 9.47 Å². The molecule has 1 unspecified atom stereocenters. The van der Waals surface area contributed by atoms with E-state index < -0.39 is 59.2 Å². The zero-order valence-electron chi connectivity index (χ0n) is 40.1. The number of phenols is 1. The molecule has 0 spiro atoms. The number of fused-ring (bicyclic) bond motifs is 6. The number of cyclic esters (lactones) is 1. The van der Waals surface area contributed by atoms with E-state index in [1.54, 1.807) is 39.3 Å². The fourth-order valence-corrected chi connectivity index (χ4v) is 9.61. The number of aromatic nitrogens is 2. The minimum absolute atomic E-state index is 0.0344. The number of phenolic OH excluding ortho intramolecular Hbond substituents is 1. The average molecular weight is 921 g/mol. The summed E-state index contributed by atoms with van der Waals surface area (Å²) < 4.78 is 14.0. The molecule has 0 radical (unpaired) electrons. The van der Waals surface area contributed by atoms with Crippen LogP contribution in [0.5, 0.6) is 5.75 Å². The summed E-state index contributed by atoms with van der Waals surface area (Å²) in [6.45, 7) is 12.5. The summed E-state index contributed by atoms with van der Waals surface area (Å²) in [4.78, 5) is 90.0. The van der Waals surface area contributed by atoms with Gasteiger partial charge < -0.3 is 39.2 Å². The fraction of sp³-hybridized carbons (Fsp3) is 0.500. The molecule has 5 amide bonds. The third-order valence-electron chi connectivity index (χ3n) is 13.1. The molecule has 2 aromatic heterocycles. The van der Waals surface area contributed by atoms with Crippen molar-refractivity contribution < 1.29 is 43.3 Å². The van der Waals surface area contributed by atoms with Crippen molar-refractivity contribution in [2.45, 2.75) is 105 Å². The maximum absolute atomic E-state index is 14.7. The van der Waals surface area contributed by atoms with Crippen molar-refractivity contribution in [1.29, 1.82) is 0 Å². The van der Waals surface area contributed by atoms with Crippen molar-refractivity contribution in [1.82, 2.24) is 40.0 Å². The van der Waals surface area contributed by atoms with E-state index >= 15 is 0 Å². The number of hydrogen-bond acceptors (Lipinski definition) is 11. The second-order valence-corrected chi connectivity index (χ2v) is 19.3. The molecule has 4 aromatic rings. The van der Waals surface area contributed by atoms with Gasteiger partial charge in [0.1, 0.15) is 29.9 Å². The summed E-state index contributed by atoms with van der Waals surface area (Å²) in [6.07, 6.45) is 5.01. The van der Waals surface area contributed by atoms with Crippen molar-refractivity contribution in [2.24, 2.45) is 11.3 Å². The number of rotatable bonds is 11. The zero-order chi connectivity index (χ0) is 48.5. The van der Waals surface area contributed by atoms with Crippen LogP contribution in [0.3, 0.4) is 0 Å². The molecule has 358 valence electrons. The van der Waals surface area contributed by atoms with E-state index in [0.29, 0.717) is 43.5 Å². The van der Waals surface area contributed by atoms with Crippen molar-refractivity contribution in [3.8, 4) is 28.1 Å². The van der Waals surface area contributed by atoms with E-state index in [0.717, 1.165) is 38.9 Å². The molecule has 2 fully saturated rings. The van der Waals surface area contributed by atoms with Crippen LogP contribution in [-0.4, -0.2) is 141 Å². The van der Waals surface area contributed by atoms with E-state index in [9.17, 15) is 33.9 Å². The van der Waals surface area contributed by atoms with Crippen LogP contribution in [-0.2, 0) is 64.2 Å². The van der Waals surface area contributed by atoms with E-state index in [1.807, 2.05) is 24.4 Å². The number of carbonyl (C=O) groups is 6. The maximum atomic E-state index is 14.7. The number of nitrogens with zero attached hydrogens (tertiary/aromatic N) is 6. The van der Waals surface area contributed by atoms with Crippen LogP contribution in [0.4, 0.5) is 0 Å². The van der Waals surface area contributed by atoms with Crippen LogP contribution in [0.1, 0.15) is 71.1 Å². The highest BCUT2D eigenvalue weighted by molar-refractivity contribution is 5.97. The Labute approximate surface area is 391 Å². The molecule has 3 aliphatic heterocycles. The van der Waals surface area contributed by atoms with Gasteiger partial charge in [-0.05, 0) is 90.3 Å². The number of aromatic hydroxyl groups is 1. The molecule has 0 saturated carbocycles. The molecule has 67 heavy (non-hydrogen) atoms. The normalized spacial score (nSPS) is 19.9. The Hall–Kier alpha value is -6.33. The molecule has 7 rings (SSSR count). The van der Waals surface area contributed by atoms with Gasteiger partial charge in [-0.25, -0.2) is 5.43 Å². The van der Waals surface area contributed by atoms with Crippen molar-refractivity contribution in [3.05, 3.63) is 71.5 Å². The van der Waals surface area contributed by atoms with Gasteiger partial charge in [0.25, 0.3) is 5.91 Å². The first-order chi connectivity index (χ1) is 31.8. The zero-order valence-corrected chi connectivity index (χ0v) is 40.1. The number of benzene rings is 2. The lowest BCUT2D eigenvalue weighted by Gasteiger charge is -2.37. The lowest BCUT2D eigenvalue weighted by molar-refractivity contribution is -0.155. The molecule has 3 aliphatic rings. The van der Waals surface area contributed by atoms with Crippen molar-refractivity contribution in [3.63, 3.8) is 0 Å². The number of likely N-dealkylation sites (N-methyl/N-ethyl adjacent to an activating group) is 2. The van der Waals surface area contributed by atoms with Crippen LogP contribution < -0.4 is 10.7 Å². The number of esters is 1. The Balaban J connectivity index is 1.27. The van der Waals surface area contributed by atoms with Crippen LogP contribution in [0, 0.1) is 11.3 Å². The minimum Gasteiger partial charge on any atom is -0.508 e. The first kappa shape index (κ1) is 48.6. The monoisotopic (exact) mass is 920 g/mol. The highest BCUT2D eigenvalue weighted by atomic mass is 16.5. The Kier molecular flexibility index (Phi) is 14.4. The predicted octanol–water partition coefficient (Wildman–Crippen LogP) is 4.06. The molecule has 17 nitrogen and oxygen atoms in total. The van der Waals surface area contributed by atoms with Crippen LogP contribution in [0.25, 0.3) is 33.3 Å². The van der Waals surface area contributed by atoms with Crippen molar-refractivity contribution >= 4 is 46.4 Å². The second-order valence-electron chi connectivity index (χ2n) is 19.3. The van der Waals surface area contributed by atoms with E-state index in [-0.39, 0.29) is 50.2 Å². The summed E-state index contributed by atoms with van der Waals surface area (Å²) in [5.41, 5.74) is 9.55. The number of pyridine rings is 1. The smallest absolute Gasteiger partial charge is 0.324 e. The first-order valence-corrected chi connectivity index (χ1v) is 23.0. The number of amides is 5. The standard InChI is InChI=1S/C50H64N8O9/c1-10-56-41-14-13-32-22-36(41)37(45(56)38-24-51-16-15-33(38)27-66-9)23-50(5,6)28-67-49(65)39-12-11-17-58(53-39)47(63)40(20-31-18-34(32)21-35(60)19-31)52-46(62)44(29(2)3)55(8)43(61)26-54(7)48(64)42-25-57(42)30(4)59/h13-16,18-19,21-22,24,29,39-40,42,44,53,60H,10-12,17,20,23,25-28H2,1-9H3,(H,52,62)/t39-,40-,42?,44-,57?/m0/s1. The average Bonchev–Trinajstić information content (AvgIpc) is 4.05. The quantitative estimate of drug-likeness (QED) is 0.145. The molecule has 3 N–H and O–H groups in total. The van der Waals surface area contributed by atoms with Crippen LogP contribution in [0.2, 0.25) is 0 Å². The van der Waals surface area contributed by atoms with Gasteiger partial charge in [0, 0.05) is 81.9 Å². The molecule has 6 bridgehead atoms. The topological polar surface area (TPSA) is 196 Å². The summed E-state index contributed by atoms with van der Waals surface area (Å²) >= 11 is 0. The first-order valence-electron chi connectivity index (χ1n) is 23.0. The minimum atomic E-state index is -1.21. The molecular formula is C50H64N8O9. The number of hydrogen-bond donors (Lipinski definition) is 3. The van der Waals surface area contributed by atoms with Crippen LogP contribution in [0.15, 0.2) is 54.9 Å². The Morgan fingerprint density at radius 1 is 1.07 bits per heavy atom. The molecule has 17 heteroatoms. The third kappa shape index (κ3) is 10.5. The van der Waals surface area contributed by atoms with Gasteiger partial charge in [0.05, 0.1) is 32.0 Å². The van der Waals surface area contributed by atoms with Gasteiger partial charge in [-0.3, -0.25) is 38.8 Å². The summed E-state index contributed by atoms with van der Waals surface area (Å²) in [6, 6.07) is 9.55. The number of hydrazine groups is 1. The van der Waals surface area contributed by atoms with Crippen molar-refractivity contribution in [2.75, 3.05) is 47.4 Å². The Morgan fingerprint density at radius 3 is 2.52 bits per heavy atom. The largest absolute Gasteiger partial charge is 0.508 e. The van der Waals surface area contributed by atoms with Gasteiger partial charge >= 0.3 is 5.97 Å². The number of nitrogens with one attached hydrogen (secondary N) is 2. The number of aryl methyl sites for hydroxylation is 1. The molecule has 0 aliphatic carbocycles. The molecule has 2 aromatic carbocycles. The Bertz CT molecular complexity index is 2570. The Morgan fingerprint density at radius 2 is 1.84 bits per heavy atom. The summed E-state index contributed by atoms with van der Waals surface area (Å²) in [7, 11) is 4.62. The van der Waals surface area contributed by atoms with Gasteiger partial charge in [-0.2, -0.15) is 0 Å². The molecule has 2 saturated heterocycles. The molecular weight excluding hydrogens is 857 g/mol. The van der Waals surface area contributed by atoms with Gasteiger partial charge in [0.2, 0.25) is 23.6 Å². The predicted molar refractivity (Wildman–Crippen MR) is 251 cm³/mol. The maximum Gasteiger partial charge on any atom is 0.324 e. The number of methoxy groups -OCH3 is 1. The summed E-state index contributed by atoms with van der Waals surface area (Å²) in [5.74, 6) is -3.18. The molecule has 4 atom stereocenters. The lowest BCUT2D eigenvalue weighted by Crippen LogP contribution is -2.62. The summed E-state index contributed by atoms with van der Waals surface area (Å²) in [5, 5.41) is 16.6. The van der Waals surface area contributed by atoms with E-state index in [2.05, 4.69) is 53.2 Å². The highest BCUT2D eigenvalue weighted by Gasteiger charge is 2.45. The third-order valence-corrected chi connectivity index (χ3v) is 13.1. The number of ether oxygens (including phenoxy) is 2. The van der Waals surface area contributed by atoms with E-state index in [1.165, 1.54) is 40.7 Å². The van der Waals surface area contributed by atoms with Gasteiger partial charge in [-0.15, -0.1) is 0 Å². The van der Waals surface area contributed by atoms with Gasteiger partial charge in [0.15, 0.2) is 0 Å². The SMILES string of the molecule is CCn1c(-c2cnccc2COC)c2c3cc(ccc31)-c1cc(O)cc(c1)C[C@H](NC(=O)[C@H](C(C)C)N(C)C(=O)CN(C)C(=O)C1CN1C(C)=O)C(=O)N1CCC[C@H](N1)C(=O)OCC(C)(C)C2. The van der Waals surface area contributed by atoms with Gasteiger partial charge in [-0.1, -0.05) is 39.8 Å². The molecule has 5 heterocycles. The second kappa shape index (κ2) is 19.9. The highest BCUT2D eigenvalue weighted by Crippen LogP contribution is 2.41.